The number of rotatable bonds is 2. The number of nitrogens with zero attached hydrogens (tertiary/aromatic N) is 5. The highest BCUT2D eigenvalue weighted by Gasteiger charge is 2.55. The van der Waals surface area contributed by atoms with Gasteiger partial charge in [-0.2, -0.15) is 4.98 Å². The van der Waals surface area contributed by atoms with E-state index < -0.39 is 80.6 Å². The third-order valence-corrected chi connectivity index (χ3v) is 11.0. The molecular formula is C24H24F2N8O9P2S2. The smallest absolute Gasteiger partial charge is 0.325 e. The summed E-state index contributed by atoms with van der Waals surface area (Å²) in [6.45, 7) is -10.0. The van der Waals surface area contributed by atoms with E-state index in [-0.39, 0.29) is 40.3 Å². The van der Waals surface area contributed by atoms with E-state index in [4.69, 9.17) is 69.1 Å². The van der Waals surface area contributed by atoms with E-state index in [1.807, 2.05) is 0 Å². The van der Waals surface area contributed by atoms with Crippen molar-refractivity contribution < 1.29 is 46.1 Å². The van der Waals surface area contributed by atoms with Gasteiger partial charge in [0.1, 0.15) is 30.2 Å². The number of H-pyrrole nitrogens is 1. The Morgan fingerprint density at radius 2 is 1.94 bits per heavy atom. The Morgan fingerprint density at radius 1 is 1.17 bits per heavy atom. The molecule has 4 aromatic rings. The number of aromatic nitrogens is 6. The molecule has 3 aliphatic rings. The van der Waals surface area contributed by atoms with Crippen molar-refractivity contribution in [3.8, 4) is 12.3 Å². The fourth-order valence-electron chi connectivity index (χ4n) is 5.72. The van der Waals surface area contributed by atoms with Crippen LogP contribution in [0.2, 0.25) is 0 Å². The van der Waals surface area contributed by atoms with Gasteiger partial charge < -0.3 is 48.9 Å². The van der Waals surface area contributed by atoms with Crippen LogP contribution < -0.4 is 17.0 Å². The van der Waals surface area contributed by atoms with Crippen molar-refractivity contribution in [2.75, 3.05) is 24.7 Å². The van der Waals surface area contributed by atoms with Gasteiger partial charge in [0, 0.05) is 24.5 Å². The van der Waals surface area contributed by atoms with Crippen LogP contribution in [0.1, 0.15) is 18.9 Å². The van der Waals surface area contributed by atoms with Gasteiger partial charge in [-0.15, -0.1) is 6.42 Å². The SMILES string of the molecule is C#C[C@@]12COP(O)(=S)O[C@@H]3[C@H](F)[C@@H](COP(O)(=S)O[C@H]1C[C@H](n1cc(F)c4c(N)ccnc41)O2)O[C@H]3n1cnc2c(=O)[nH]c(N)nc21. The number of hydrogen-bond donors (Lipinski definition) is 5. The van der Waals surface area contributed by atoms with E-state index in [2.05, 4.69) is 25.9 Å². The second-order valence-electron chi connectivity index (χ2n) is 10.8. The minimum Gasteiger partial charge on any atom is -0.398 e. The van der Waals surface area contributed by atoms with Crippen LogP contribution in [0.3, 0.4) is 0 Å². The lowest BCUT2D eigenvalue weighted by molar-refractivity contribution is -0.0894. The maximum Gasteiger partial charge on any atom is 0.325 e. The highest BCUT2D eigenvalue weighted by molar-refractivity contribution is 8.07. The van der Waals surface area contributed by atoms with Crippen molar-refractivity contribution in [3.63, 3.8) is 0 Å². The van der Waals surface area contributed by atoms with E-state index in [1.54, 1.807) is 0 Å². The summed E-state index contributed by atoms with van der Waals surface area (Å²) in [5.74, 6) is 1.47. The fraction of sp³-hybridized carbons (Fsp3) is 0.417. The first-order valence-corrected chi connectivity index (χ1v) is 18.8. The summed E-state index contributed by atoms with van der Waals surface area (Å²) in [5, 5.41) is 0.0407. The number of hydrogen-bond acceptors (Lipinski definition) is 14. The first kappa shape index (κ1) is 32.6. The van der Waals surface area contributed by atoms with E-state index in [9.17, 15) is 19.0 Å². The maximum atomic E-state index is 16.0. The van der Waals surface area contributed by atoms with Crippen LogP contribution in [0, 0.1) is 18.2 Å². The third-order valence-electron chi connectivity index (χ3n) is 7.88. The summed E-state index contributed by atoms with van der Waals surface area (Å²) in [6, 6.07) is 1.43. The molecule has 2 unspecified atom stereocenters. The highest BCUT2D eigenvalue weighted by Crippen LogP contribution is 2.56. The second-order valence-corrected chi connectivity index (χ2v) is 16.4. The Bertz CT molecular complexity index is 2110. The number of nitrogens with one attached hydrogen (secondary N) is 1. The summed E-state index contributed by atoms with van der Waals surface area (Å²) in [6.07, 6.45) is 0.342. The minimum absolute atomic E-state index is 0.0407. The van der Waals surface area contributed by atoms with Crippen LogP contribution in [0.4, 0.5) is 20.4 Å². The van der Waals surface area contributed by atoms with Gasteiger partial charge in [0.2, 0.25) is 5.95 Å². The number of nitrogen functional groups attached to an aromatic ring is 2. The molecule has 0 spiro atoms. The Hall–Kier alpha value is -2.96. The van der Waals surface area contributed by atoms with Crippen molar-refractivity contribution in [2.45, 2.75) is 49.0 Å². The third kappa shape index (κ3) is 5.67. The summed E-state index contributed by atoms with van der Waals surface area (Å²) in [5.41, 5.74) is 9.08. The molecule has 7 heterocycles. The Kier molecular flexibility index (Phi) is 8.03. The molecule has 47 heavy (non-hydrogen) atoms. The Balaban J connectivity index is 1.24. The molecule has 0 aromatic carbocycles. The van der Waals surface area contributed by atoms with Crippen LogP contribution in [-0.4, -0.2) is 82.2 Å². The average molecular weight is 733 g/mol. The van der Waals surface area contributed by atoms with Crippen LogP contribution in [0.15, 0.2) is 29.6 Å². The van der Waals surface area contributed by atoms with Crippen molar-refractivity contribution in [3.05, 3.63) is 41.0 Å². The molecule has 0 saturated carbocycles. The number of nitrogens with two attached hydrogens (primary N) is 2. The molecule has 2 bridgehead atoms. The number of anilines is 2. The molecule has 7 rings (SSSR count). The van der Waals surface area contributed by atoms with Crippen LogP contribution in [0.5, 0.6) is 0 Å². The largest absolute Gasteiger partial charge is 0.398 e. The van der Waals surface area contributed by atoms with Crippen LogP contribution in [0.25, 0.3) is 22.2 Å². The molecule has 0 radical (unpaired) electrons. The molecule has 3 saturated heterocycles. The number of ether oxygens (including phenoxy) is 2. The topological polar surface area (TPSA) is 229 Å². The number of imidazole rings is 1. The van der Waals surface area contributed by atoms with Gasteiger partial charge in [-0.05, 0) is 29.7 Å². The first-order valence-electron chi connectivity index (χ1n) is 13.6. The summed E-state index contributed by atoms with van der Waals surface area (Å²) < 4.78 is 68.0. The van der Waals surface area contributed by atoms with Gasteiger partial charge in [-0.1, -0.05) is 5.92 Å². The molecule has 3 aliphatic heterocycles. The Morgan fingerprint density at radius 3 is 2.70 bits per heavy atom. The molecule has 4 aromatic heterocycles. The molecule has 0 aliphatic carbocycles. The normalized spacial score (nSPS) is 36.4. The molecule has 23 heteroatoms. The zero-order chi connectivity index (χ0) is 33.5. The lowest BCUT2D eigenvalue weighted by Gasteiger charge is -2.32. The van der Waals surface area contributed by atoms with Gasteiger partial charge in [0.15, 0.2) is 35.0 Å². The number of halogens is 2. The first-order chi connectivity index (χ1) is 22.2. The molecular weight excluding hydrogens is 708 g/mol. The lowest BCUT2D eigenvalue weighted by atomic mass is 9.99. The quantitative estimate of drug-likeness (QED) is 0.144. The standard InChI is InChI=1S/C24H24F2N8O9P2S2/c1-2-24-8-39-45(37,47)43-18-16(26)12(40-22(18)34-9-30-17-20(34)31-23(28)32-21(17)35)7-38-44(36,46)42-13(24)5-14(41-24)33-6-10(25)15-11(27)3-4-29-19(15)33/h1,3-4,6,9,12-14,16,18,22H,5,7-8H2,(H2,27,29)(H,36,46)(H,37,47)(H3,28,31,32,35)/t12-,13+,14-,16-,18-,22-,24-,44?,45?/m1/s1. The average Bonchev–Trinajstić information content (AvgIpc) is 3.74. The van der Waals surface area contributed by atoms with Gasteiger partial charge >= 0.3 is 13.4 Å². The Labute approximate surface area is 272 Å². The van der Waals surface area contributed by atoms with Crippen molar-refractivity contribution in [2.24, 2.45) is 0 Å². The maximum absolute atomic E-state index is 16.0. The number of aromatic amines is 1. The summed E-state index contributed by atoms with van der Waals surface area (Å²) in [4.78, 5) is 49.2. The number of alkyl halides is 1. The molecule has 17 nitrogen and oxygen atoms in total. The molecule has 250 valence electrons. The van der Waals surface area contributed by atoms with Gasteiger partial charge in [0.05, 0.1) is 24.9 Å². The molecule has 0 amide bonds. The minimum atomic E-state index is -4.41. The summed E-state index contributed by atoms with van der Waals surface area (Å²) in [7, 11) is 0. The lowest BCUT2D eigenvalue weighted by Crippen LogP contribution is -2.43. The van der Waals surface area contributed by atoms with Crippen molar-refractivity contribution >= 4 is 70.9 Å². The number of terminal acetylenes is 1. The van der Waals surface area contributed by atoms with Crippen molar-refractivity contribution in [1.82, 2.24) is 29.1 Å². The number of pyridine rings is 1. The fourth-order valence-corrected chi connectivity index (χ4v) is 8.59. The molecule has 7 N–H and O–H groups in total. The van der Waals surface area contributed by atoms with Gasteiger partial charge in [-0.25, -0.2) is 18.7 Å². The van der Waals surface area contributed by atoms with Gasteiger partial charge in [-0.3, -0.25) is 18.9 Å². The zero-order valence-electron chi connectivity index (χ0n) is 23.6. The highest BCUT2D eigenvalue weighted by atomic mass is 32.5. The van der Waals surface area contributed by atoms with E-state index in [0.29, 0.717) is 0 Å². The second kappa shape index (κ2) is 11.6. The molecule has 3 fully saturated rings. The van der Waals surface area contributed by atoms with E-state index in [1.165, 1.54) is 16.8 Å². The monoisotopic (exact) mass is 732 g/mol. The van der Waals surface area contributed by atoms with Gasteiger partial charge in [0.25, 0.3) is 5.56 Å². The number of fused-ring (bicyclic) bond motifs is 5. The predicted molar refractivity (Wildman–Crippen MR) is 166 cm³/mol. The van der Waals surface area contributed by atoms with E-state index >= 15 is 4.39 Å². The van der Waals surface area contributed by atoms with Crippen molar-refractivity contribution in [1.29, 1.82) is 0 Å². The predicted octanol–water partition coefficient (Wildman–Crippen LogP) is 1.25. The molecule has 9 atom stereocenters. The zero-order valence-corrected chi connectivity index (χ0v) is 27.0. The summed E-state index contributed by atoms with van der Waals surface area (Å²) >= 11 is 10.5. The van der Waals surface area contributed by atoms with Crippen LogP contribution in [-0.2, 0) is 51.2 Å². The van der Waals surface area contributed by atoms with Crippen LogP contribution >= 0.6 is 13.4 Å². The van der Waals surface area contributed by atoms with E-state index in [0.717, 1.165) is 17.1 Å².